The summed E-state index contributed by atoms with van der Waals surface area (Å²) in [5.74, 6) is 0. The molecule has 84 valence electrons. The maximum absolute atomic E-state index is 6.29. The second kappa shape index (κ2) is 2.96. The molecule has 1 fully saturated rings. The summed E-state index contributed by atoms with van der Waals surface area (Å²) >= 11 is 0. The summed E-state index contributed by atoms with van der Waals surface area (Å²) in [6, 6.07) is 8.46. The Kier molecular flexibility index (Phi) is 1.86. The van der Waals surface area contributed by atoms with E-state index in [0.29, 0.717) is 6.54 Å². The molecule has 0 amide bonds. The van der Waals surface area contributed by atoms with Gasteiger partial charge < -0.3 is 10.5 Å². The first-order valence-corrected chi connectivity index (χ1v) is 5.81. The molecule has 2 heterocycles. The van der Waals surface area contributed by atoms with Gasteiger partial charge >= 0.3 is 0 Å². The Morgan fingerprint density at radius 2 is 2.06 bits per heavy atom. The summed E-state index contributed by atoms with van der Waals surface area (Å²) < 4.78 is 6.29. The van der Waals surface area contributed by atoms with Crippen molar-refractivity contribution >= 4 is 0 Å². The quantitative estimate of drug-likeness (QED) is 0.769. The molecule has 1 aromatic carbocycles. The molecular weight excluding hydrogens is 198 g/mol. The number of nitrogens with two attached hydrogens (primary N) is 1. The van der Waals surface area contributed by atoms with Gasteiger partial charge in [-0.2, -0.15) is 0 Å². The van der Waals surface area contributed by atoms with Crippen LogP contribution in [0.25, 0.3) is 0 Å². The summed E-state index contributed by atoms with van der Waals surface area (Å²) in [5.41, 5.74) is 8.91. The van der Waals surface area contributed by atoms with Crippen molar-refractivity contribution in [3.8, 4) is 0 Å². The molecule has 0 aromatic heterocycles. The normalized spacial score (nSPS) is 35.1. The van der Waals surface area contributed by atoms with Crippen molar-refractivity contribution in [2.75, 3.05) is 6.54 Å². The van der Waals surface area contributed by atoms with E-state index in [4.69, 9.17) is 10.5 Å². The van der Waals surface area contributed by atoms with E-state index >= 15 is 0 Å². The molecular formula is C14H17NO. The van der Waals surface area contributed by atoms with Crippen molar-refractivity contribution in [2.24, 2.45) is 5.73 Å². The fourth-order valence-electron chi connectivity index (χ4n) is 3.18. The largest absolute Gasteiger partial charge is 0.355 e. The Bertz CT molecular complexity index is 468. The van der Waals surface area contributed by atoms with Gasteiger partial charge in [0.05, 0.1) is 5.60 Å². The van der Waals surface area contributed by atoms with E-state index in [0.717, 1.165) is 18.4 Å². The van der Waals surface area contributed by atoms with Crippen LogP contribution in [-0.2, 0) is 15.9 Å². The van der Waals surface area contributed by atoms with Gasteiger partial charge in [-0.1, -0.05) is 30.8 Å². The lowest BCUT2D eigenvalue weighted by Crippen LogP contribution is -2.29. The molecule has 2 aliphatic rings. The zero-order chi connectivity index (χ0) is 11.4. The molecule has 0 aliphatic carbocycles. The molecule has 2 atom stereocenters. The van der Waals surface area contributed by atoms with Crippen molar-refractivity contribution in [2.45, 2.75) is 31.0 Å². The molecule has 2 N–H and O–H groups in total. The minimum absolute atomic E-state index is 0.130. The second-order valence-corrected chi connectivity index (χ2v) is 5.01. The summed E-state index contributed by atoms with van der Waals surface area (Å²) in [6.45, 7) is 6.77. The van der Waals surface area contributed by atoms with Gasteiger partial charge in [-0.05, 0) is 36.5 Å². The van der Waals surface area contributed by atoms with Gasteiger partial charge in [0.2, 0.25) is 0 Å². The third-order valence-electron chi connectivity index (χ3n) is 4.10. The van der Waals surface area contributed by atoms with Crippen LogP contribution in [0.2, 0.25) is 0 Å². The third kappa shape index (κ3) is 0.989. The zero-order valence-corrected chi connectivity index (χ0v) is 9.62. The molecule has 2 aliphatic heterocycles. The Labute approximate surface area is 96.1 Å². The molecule has 0 spiro atoms. The van der Waals surface area contributed by atoms with Gasteiger partial charge in [0, 0.05) is 6.54 Å². The van der Waals surface area contributed by atoms with Gasteiger partial charge in [0.1, 0.15) is 5.60 Å². The maximum atomic E-state index is 6.29. The van der Waals surface area contributed by atoms with Crippen LogP contribution in [0.15, 0.2) is 36.4 Å². The molecule has 16 heavy (non-hydrogen) atoms. The fourth-order valence-corrected chi connectivity index (χ4v) is 3.18. The molecule has 2 nitrogen and oxygen atoms in total. The molecule has 1 saturated heterocycles. The van der Waals surface area contributed by atoms with Crippen molar-refractivity contribution < 1.29 is 4.74 Å². The molecule has 2 heteroatoms. The molecule has 0 saturated carbocycles. The van der Waals surface area contributed by atoms with Crippen molar-refractivity contribution in [1.29, 1.82) is 0 Å². The van der Waals surface area contributed by atoms with E-state index in [-0.39, 0.29) is 11.2 Å². The van der Waals surface area contributed by atoms with E-state index in [1.165, 1.54) is 11.1 Å². The lowest BCUT2D eigenvalue weighted by Gasteiger charge is -2.28. The highest BCUT2D eigenvalue weighted by atomic mass is 16.5. The van der Waals surface area contributed by atoms with Crippen LogP contribution >= 0.6 is 0 Å². The highest BCUT2D eigenvalue weighted by Gasteiger charge is 2.57. The van der Waals surface area contributed by atoms with Crippen LogP contribution in [0.3, 0.4) is 0 Å². The van der Waals surface area contributed by atoms with Gasteiger partial charge in [-0.25, -0.2) is 0 Å². The Morgan fingerprint density at radius 1 is 1.38 bits per heavy atom. The average molecular weight is 215 g/mol. The predicted molar refractivity (Wildman–Crippen MR) is 64.0 cm³/mol. The first-order valence-electron chi connectivity index (χ1n) is 5.81. The van der Waals surface area contributed by atoms with Crippen LogP contribution in [0.4, 0.5) is 0 Å². The van der Waals surface area contributed by atoms with Gasteiger partial charge in [-0.15, -0.1) is 0 Å². The highest BCUT2D eigenvalue weighted by Crippen LogP contribution is 2.60. The molecule has 3 rings (SSSR count). The number of ether oxygens (including phenoxy) is 1. The monoisotopic (exact) mass is 215 g/mol. The Balaban J connectivity index is 2.22. The van der Waals surface area contributed by atoms with Gasteiger partial charge in [-0.3, -0.25) is 0 Å². The van der Waals surface area contributed by atoms with E-state index in [1.807, 2.05) is 0 Å². The standard InChI is InChI=1S/C14H17NO/c1-10(9-15)14-8-7-13(2,16-14)11-5-3-4-6-12(11)14/h3-6H,1,7-9,15H2,2H3. The van der Waals surface area contributed by atoms with E-state index in [2.05, 4.69) is 37.8 Å². The number of fused-ring (bicyclic) bond motifs is 5. The van der Waals surface area contributed by atoms with Crippen LogP contribution < -0.4 is 5.73 Å². The zero-order valence-electron chi connectivity index (χ0n) is 9.62. The first kappa shape index (κ1) is 10.1. The van der Waals surface area contributed by atoms with Crippen LogP contribution in [0, 0.1) is 0 Å². The fraction of sp³-hybridized carbons (Fsp3) is 0.429. The molecule has 1 aromatic rings. The smallest absolute Gasteiger partial charge is 0.117 e. The van der Waals surface area contributed by atoms with E-state index in [1.54, 1.807) is 0 Å². The molecule has 2 bridgehead atoms. The summed E-state index contributed by atoms with van der Waals surface area (Å²) in [6.07, 6.45) is 2.07. The Morgan fingerprint density at radius 3 is 2.75 bits per heavy atom. The van der Waals surface area contributed by atoms with Crippen LogP contribution in [0.5, 0.6) is 0 Å². The lowest BCUT2D eigenvalue weighted by molar-refractivity contribution is -0.0561. The predicted octanol–water partition coefficient (Wildman–Crippen LogP) is 2.44. The number of hydrogen-bond acceptors (Lipinski definition) is 2. The van der Waals surface area contributed by atoms with Crippen molar-refractivity contribution in [1.82, 2.24) is 0 Å². The van der Waals surface area contributed by atoms with E-state index < -0.39 is 0 Å². The van der Waals surface area contributed by atoms with Gasteiger partial charge in [0.25, 0.3) is 0 Å². The first-order chi connectivity index (χ1) is 7.62. The van der Waals surface area contributed by atoms with Gasteiger partial charge in [0.15, 0.2) is 0 Å². The SMILES string of the molecule is C=C(CN)C12CCC(C)(O1)c1ccccc12. The second-order valence-electron chi connectivity index (χ2n) is 5.01. The average Bonchev–Trinajstić information content (AvgIpc) is 2.80. The third-order valence-corrected chi connectivity index (χ3v) is 4.10. The molecule has 2 unspecified atom stereocenters. The summed E-state index contributed by atoms with van der Waals surface area (Å²) in [5, 5.41) is 0. The van der Waals surface area contributed by atoms with Crippen LogP contribution in [0.1, 0.15) is 30.9 Å². The number of benzene rings is 1. The number of rotatable bonds is 2. The lowest BCUT2D eigenvalue weighted by atomic mass is 9.74. The van der Waals surface area contributed by atoms with Crippen LogP contribution in [-0.4, -0.2) is 6.54 Å². The minimum Gasteiger partial charge on any atom is -0.355 e. The molecule has 0 radical (unpaired) electrons. The minimum atomic E-state index is -0.305. The van der Waals surface area contributed by atoms with Crippen molar-refractivity contribution in [3.05, 3.63) is 47.5 Å². The summed E-state index contributed by atoms with van der Waals surface area (Å²) in [7, 11) is 0. The van der Waals surface area contributed by atoms with Crippen molar-refractivity contribution in [3.63, 3.8) is 0 Å². The summed E-state index contributed by atoms with van der Waals surface area (Å²) in [4.78, 5) is 0. The maximum Gasteiger partial charge on any atom is 0.117 e. The Hall–Kier alpha value is -1.12. The van der Waals surface area contributed by atoms with E-state index in [9.17, 15) is 0 Å². The number of hydrogen-bond donors (Lipinski definition) is 1. The highest BCUT2D eigenvalue weighted by molar-refractivity contribution is 5.48. The topological polar surface area (TPSA) is 35.2 Å².